The molecule has 0 aromatic carbocycles. The Kier molecular flexibility index (Phi) is 3.22. The average molecular weight is 236 g/mol. The van der Waals surface area contributed by atoms with Gasteiger partial charge >= 0.3 is 0 Å². The lowest BCUT2D eigenvalue weighted by atomic mass is 9.94. The molecule has 0 aromatic rings. The first-order valence-electron chi connectivity index (χ1n) is 6.33. The van der Waals surface area contributed by atoms with E-state index in [-0.39, 0.29) is 29.9 Å². The zero-order valence-electron chi connectivity index (χ0n) is 10.6. The maximum atomic E-state index is 12.4. The van der Waals surface area contributed by atoms with E-state index in [1.165, 1.54) is 0 Å². The van der Waals surface area contributed by atoms with Gasteiger partial charge in [0.05, 0.1) is 0 Å². The van der Waals surface area contributed by atoms with Crippen LogP contribution < -0.4 is 0 Å². The molecule has 17 heavy (non-hydrogen) atoms. The number of piperazine rings is 1. The predicted octanol–water partition coefficient (Wildman–Crippen LogP) is 1.17. The quantitative estimate of drug-likeness (QED) is 0.675. The summed E-state index contributed by atoms with van der Waals surface area (Å²) in [5.74, 6) is 0.173. The van der Waals surface area contributed by atoms with E-state index in [4.69, 9.17) is 0 Å². The van der Waals surface area contributed by atoms with Gasteiger partial charge in [0.1, 0.15) is 12.1 Å². The minimum Gasteiger partial charge on any atom is -0.329 e. The lowest BCUT2D eigenvalue weighted by Crippen LogP contribution is -2.66. The summed E-state index contributed by atoms with van der Waals surface area (Å²) in [4.78, 5) is 28.1. The van der Waals surface area contributed by atoms with Gasteiger partial charge in [-0.2, -0.15) is 0 Å². The Balaban J connectivity index is 2.28. The Bertz CT molecular complexity index is 353. The highest BCUT2D eigenvalue weighted by atomic mass is 16.2. The molecule has 2 heterocycles. The minimum absolute atomic E-state index is 0.0782. The second kappa shape index (κ2) is 4.51. The number of amides is 2. The smallest absolute Gasteiger partial charge is 0.246 e. The van der Waals surface area contributed by atoms with Crippen LogP contribution in [0.1, 0.15) is 33.1 Å². The first kappa shape index (κ1) is 12.1. The van der Waals surface area contributed by atoms with Gasteiger partial charge in [0.25, 0.3) is 0 Å². The van der Waals surface area contributed by atoms with Gasteiger partial charge in [-0.05, 0) is 33.1 Å². The Labute approximate surface area is 102 Å². The van der Waals surface area contributed by atoms with Gasteiger partial charge in [0.15, 0.2) is 0 Å². The van der Waals surface area contributed by atoms with Gasteiger partial charge < -0.3 is 9.80 Å². The lowest BCUT2D eigenvalue weighted by Gasteiger charge is -2.47. The molecule has 0 aromatic heterocycles. The molecule has 0 bridgehead atoms. The summed E-state index contributed by atoms with van der Waals surface area (Å²) in [6.45, 7) is 8.17. The van der Waals surface area contributed by atoms with Gasteiger partial charge in [-0.25, -0.2) is 0 Å². The molecule has 2 amide bonds. The molecule has 0 saturated carbocycles. The van der Waals surface area contributed by atoms with E-state index in [1.807, 2.05) is 13.8 Å². The van der Waals surface area contributed by atoms with Crippen LogP contribution in [-0.2, 0) is 9.59 Å². The summed E-state index contributed by atoms with van der Waals surface area (Å²) in [7, 11) is 0. The van der Waals surface area contributed by atoms with Crippen molar-refractivity contribution < 1.29 is 9.59 Å². The van der Waals surface area contributed by atoms with Gasteiger partial charge in [-0.1, -0.05) is 6.08 Å². The number of carbonyl (C=O) groups excluding carboxylic acids is 2. The topological polar surface area (TPSA) is 40.6 Å². The van der Waals surface area contributed by atoms with E-state index >= 15 is 0 Å². The Morgan fingerprint density at radius 2 is 2.06 bits per heavy atom. The largest absolute Gasteiger partial charge is 0.329 e. The van der Waals surface area contributed by atoms with Crippen LogP contribution in [0.5, 0.6) is 0 Å². The number of nitrogens with zero attached hydrogens (tertiary/aromatic N) is 2. The van der Waals surface area contributed by atoms with E-state index in [1.54, 1.807) is 15.9 Å². The molecule has 94 valence electrons. The highest BCUT2D eigenvalue weighted by molar-refractivity contribution is 5.97. The van der Waals surface area contributed by atoms with Gasteiger partial charge in [-0.15, -0.1) is 6.58 Å². The zero-order chi connectivity index (χ0) is 12.6. The highest BCUT2D eigenvalue weighted by Crippen LogP contribution is 2.27. The van der Waals surface area contributed by atoms with Crippen LogP contribution in [-0.4, -0.2) is 46.3 Å². The fourth-order valence-electron chi connectivity index (χ4n) is 2.84. The monoisotopic (exact) mass is 236 g/mol. The highest BCUT2D eigenvalue weighted by Gasteiger charge is 2.45. The number of rotatable bonds is 2. The summed E-state index contributed by atoms with van der Waals surface area (Å²) in [6, 6.07) is -0.662. The Morgan fingerprint density at radius 3 is 2.71 bits per heavy atom. The number of piperidine rings is 1. The molecule has 0 spiro atoms. The molecule has 2 aliphatic heterocycles. The molecule has 4 nitrogen and oxygen atoms in total. The molecular weight excluding hydrogens is 216 g/mol. The summed E-state index contributed by atoms with van der Waals surface area (Å²) in [5, 5.41) is 0. The fraction of sp³-hybridized carbons (Fsp3) is 0.692. The molecular formula is C13H20N2O2. The summed E-state index contributed by atoms with van der Waals surface area (Å²) < 4.78 is 0. The van der Waals surface area contributed by atoms with E-state index < -0.39 is 0 Å². The molecule has 4 heteroatoms. The van der Waals surface area contributed by atoms with Crippen LogP contribution in [0.4, 0.5) is 0 Å². The van der Waals surface area contributed by atoms with Crippen molar-refractivity contribution >= 4 is 11.8 Å². The van der Waals surface area contributed by atoms with Gasteiger partial charge in [0, 0.05) is 12.6 Å². The van der Waals surface area contributed by atoms with Crippen molar-refractivity contribution in [2.24, 2.45) is 0 Å². The summed E-state index contributed by atoms with van der Waals surface area (Å²) in [5.41, 5.74) is 0. The van der Waals surface area contributed by atoms with E-state index in [0.29, 0.717) is 0 Å². The van der Waals surface area contributed by atoms with Crippen LogP contribution in [0.25, 0.3) is 0 Å². The van der Waals surface area contributed by atoms with Crippen molar-refractivity contribution in [3.05, 3.63) is 12.7 Å². The van der Waals surface area contributed by atoms with Crippen LogP contribution in [0, 0.1) is 0 Å². The molecule has 0 aliphatic carbocycles. The fourth-order valence-corrected chi connectivity index (χ4v) is 2.84. The van der Waals surface area contributed by atoms with Crippen LogP contribution in [0.15, 0.2) is 12.7 Å². The standard InChI is InChI=1S/C13H20N2O2/c1-4-9(2)15-10(3)12(16)14-8-6-5-7-11(14)13(15)17/h4,9-11H,1,5-8H2,2-3H3. The maximum absolute atomic E-state index is 12.4. The first-order valence-corrected chi connectivity index (χ1v) is 6.33. The maximum Gasteiger partial charge on any atom is 0.246 e. The van der Waals surface area contributed by atoms with E-state index in [0.717, 1.165) is 25.8 Å². The van der Waals surface area contributed by atoms with Crippen molar-refractivity contribution in [2.45, 2.75) is 51.2 Å². The molecule has 2 saturated heterocycles. The zero-order valence-corrected chi connectivity index (χ0v) is 10.6. The first-order chi connectivity index (χ1) is 8.07. The van der Waals surface area contributed by atoms with Gasteiger partial charge in [-0.3, -0.25) is 9.59 Å². The van der Waals surface area contributed by atoms with E-state index in [2.05, 4.69) is 6.58 Å². The average Bonchev–Trinajstić information content (AvgIpc) is 2.36. The van der Waals surface area contributed by atoms with Crippen molar-refractivity contribution in [3.63, 3.8) is 0 Å². The number of fused-ring (bicyclic) bond motifs is 1. The summed E-state index contributed by atoms with van der Waals surface area (Å²) >= 11 is 0. The Morgan fingerprint density at radius 1 is 1.35 bits per heavy atom. The second-order valence-corrected chi connectivity index (χ2v) is 4.94. The van der Waals surface area contributed by atoms with Crippen molar-refractivity contribution in [2.75, 3.05) is 6.54 Å². The molecule has 2 aliphatic rings. The molecule has 0 N–H and O–H groups in total. The second-order valence-electron chi connectivity index (χ2n) is 4.94. The van der Waals surface area contributed by atoms with E-state index in [9.17, 15) is 9.59 Å². The summed E-state index contributed by atoms with van der Waals surface area (Å²) in [6.07, 6.45) is 4.57. The van der Waals surface area contributed by atoms with Crippen molar-refractivity contribution in [3.8, 4) is 0 Å². The molecule has 2 rings (SSSR count). The SMILES string of the molecule is C=CC(C)N1C(=O)C2CCCCN2C(=O)C1C. The van der Waals surface area contributed by atoms with Crippen molar-refractivity contribution in [1.82, 2.24) is 9.80 Å². The molecule has 3 atom stereocenters. The normalized spacial score (nSPS) is 31.2. The van der Waals surface area contributed by atoms with Crippen LogP contribution in [0.3, 0.4) is 0 Å². The third kappa shape index (κ3) is 1.85. The van der Waals surface area contributed by atoms with Crippen LogP contribution in [0.2, 0.25) is 0 Å². The number of hydrogen-bond acceptors (Lipinski definition) is 2. The predicted molar refractivity (Wildman–Crippen MR) is 65.3 cm³/mol. The van der Waals surface area contributed by atoms with Crippen molar-refractivity contribution in [1.29, 1.82) is 0 Å². The third-order valence-electron chi connectivity index (χ3n) is 3.88. The van der Waals surface area contributed by atoms with Crippen LogP contribution >= 0.6 is 0 Å². The molecule has 0 radical (unpaired) electrons. The Hall–Kier alpha value is -1.32. The number of hydrogen-bond donors (Lipinski definition) is 0. The third-order valence-corrected chi connectivity index (χ3v) is 3.88. The minimum atomic E-state index is -0.357. The molecule has 3 unspecified atom stereocenters. The van der Waals surface area contributed by atoms with Gasteiger partial charge in [0.2, 0.25) is 11.8 Å². The molecule has 2 fully saturated rings. The number of carbonyl (C=O) groups is 2. The lowest BCUT2D eigenvalue weighted by molar-refractivity contribution is -0.164.